The first-order chi connectivity index (χ1) is 12.1. The van der Waals surface area contributed by atoms with E-state index in [4.69, 9.17) is 9.47 Å². The predicted molar refractivity (Wildman–Crippen MR) is 108 cm³/mol. The Kier molecular flexibility index (Phi) is 7.72. The maximum atomic E-state index is 12.0. The average molecular weight is 452 g/mol. The van der Waals surface area contributed by atoms with Crippen molar-refractivity contribution in [3.63, 3.8) is 0 Å². The van der Waals surface area contributed by atoms with Crippen molar-refractivity contribution in [2.24, 2.45) is 5.10 Å². The van der Waals surface area contributed by atoms with E-state index in [2.05, 4.69) is 40.0 Å². The molecule has 25 heavy (non-hydrogen) atoms. The highest BCUT2D eigenvalue weighted by Crippen LogP contribution is 2.28. The lowest BCUT2D eigenvalue weighted by atomic mass is 10.2. The summed E-state index contributed by atoms with van der Waals surface area (Å²) in [5.74, 6) is 1.13. The van der Waals surface area contributed by atoms with Crippen LogP contribution in [0.1, 0.15) is 36.2 Å². The normalized spacial score (nSPS) is 10.7. The molecule has 0 radical (unpaired) electrons. The van der Waals surface area contributed by atoms with Crippen LogP contribution < -0.4 is 14.9 Å². The van der Waals surface area contributed by atoms with E-state index < -0.39 is 0 Å². The summed E-state index contributed by atoms with van der Waals surface area (Å²) in [6.45, 7) is 5.16. The van der Waals surface area contributed by atoms with Crippen LogP contribution in [0.3, 0.4) is 0 Å². The highest BCUT2D eigenvalue weighted by atomic mass is 127. The molecule has 0 fully saturated rings. The fourth-order valence-electron chi connectivity index (χ4n) is 2.04. The smallest absolute Gasteiger partial charge is 0.271 e. The Balaban J connectivity index is 2.03. The highest BCUT2D eigenvalue weighted by molar-refractivity contribution is 14.1. The van der Waals surface area contributed by atoms with Gasteiger partial charge in [0.1, 0.15) is 0 Å². The van der Waals surface area contributed by atoms with E-state index in [9.17, 15) is 4.79 Å². The third-order valence-electron chi connectivity index (χ3n) is 3.22. The summed E-state index contributed by atoms with van der Waals surface area (Å²) < 4.78 is 12.3. The number of carbonyl (C=O) groups excluding carboxylic acids is 1. The van der Waals surface area contributed by atoms with Crippen molar-refractivity contribution in [2.75, 3.05) is 13.2 Å². The number of nitrogens with zero attached hydrogens (tertiary/aromatic N) is 1. The van der Waals surface area contributed by atoms with Gasteiger partial charge in [0.2, 0.25) is 0 Å². The molecule has 5 nitrogen and oxygen atoms in total. The predicted octanol–water partition coefficient (Wildman–Crippen LogP) is 4.24. The number of hydrazone groups is 1. The molecule has 0 aliphatic heterocycles. The summed E-state index contributed by atoms with van der Waals surface area (Å²) in [6, 6.07) is 12.8. The van der Waals surface area contributed by atoms with Gasteiger partial charge in [-0.2, -0.15) is 5.10 Å². The minimum Gasteiger partial charge on any atom is -0.490 e. The lowest BCUT2D eigenvalue weighted by Gasteiger charge is -2.11. The number of benzene rings is 2. The molecule has 1 N–H and O–H groups in total. The average Bonchev–Trinajstić information content (AvgIpc) is 2.62. The topological polar surface area (TPSA) is 59.9 Å². The third-order valence-corrected chi connectivity index (χ3v) is 3.93. The molecule has 1 amide bonds. The molecule has 0 unspecified atom stereocenters. The van der Waals surface area contributed by atoms with Crippen molar-refractivity contribution in [3.05, 3.63) is 57.2 Å². The van der Waals surface area contributed by atoms with Gasteiger partial charge in [-0.05, 0) is 84.0 Å². The third kappa shape index (κ3) is 6.04. The van der Waals surface area contributed by atoms with Gasteiger partial charge in [0.05, 0.1) is 19.4 Å². The van der Waals surface area contributed by atoms with Crippen LogP contribution in [0.4, 0.5) is 0 Å². The Bertz CT molecular complexity index is 730. The second-order valence-corrected chi connectivity index (χ2v) is 6.44. The van der Waals surface area contributed by atoms with Crippen LogP contribution in [0.5, 0.6) is 11.5 Å². The summed E-state index contributed by atoms with van der Waals surface area (Å²) in [7, 11) is 0. The van der Waals surface area contributed by atoms with Crippen LogP contribution in [0.25, 0.3) is 0 Å². The van der Waals surface area contributed by atoms with Gasteiger partial charge >= 0.3 is 0 Å². The first-order valence-electron chi connectivity index (χ1n) is 8.12. The Morgan fingerprint density at radius 1 is 1.12 bits per heavy atom. The van der Waals surface area contributed by atoms with E-state index in [-0.39, 0.29) is 5.91 Å². The first-order valence-corrected chi connectivity index (χ1v) is 9.20. The lowest BCUT2D eigenvalue weighted by Crippen LogP contribution is -2.17. The fourth-order valence-corrected chi connectivity index (χ4v) is 2.40. The number of ether oxygens (including phenoxy) is 2. The van der Waals surface area contributed by atoms with Crippen LogP contribution in [0, 0.1) is 3.57 Å². The van der Waals surface area contributed by atoms with Gasteiger partial charge in [0.15, 0.2) is 11.5 Å². The second-order valence-electron chi connectivity index (χ2n) is 5.19. The van der Waals surface area contributed by atoms with Crippen molar-refractivity contribution in [1.29, 1.82) is 0 Å². The van der Waals surface area contributed by atoms with Gasteiger partial charge in [-0.3, -0.25) is 4.79 Å². The van der Waals surface area contributed by atoms with Crippen molar-refractivity contribution in [1.82, 2.24) is 5.43 Å². The molecule has 0 saturated carbocycles. The van der Waals surface area contributed by atoms with E-state index in [1.807, 2.05) is 37.3 Å². The van der Waals surface area contributed by atoms with E-state index in [0.29, 0.717) is 30.3 Å². The Morgan fingerprint density at radius 2 is 1.88 bits per heavy atom. The van der Waals surface area contributed by atoms with Gasteiger partial charge < -0.3 is 9.47 Å². The van der Waals surface area contributed by atoms with Crippen molar-refractivity contribution in [3.8, 4) is 11.5 Å². The number of hydrogen-bond acceptors (Lipinski definition) is 4. The largest absolute Gasteiger partial charge is 0.490 e. The fraction of sp³-hybridized carbons (Fsp3) is 0.263. The Morgan fingerprint density at radius 3 is 2.56 bits per heavy atom. The van der Waals surface area contributed by atoms with E-state index in [1.165, 1.54) is 0 Å². The van der Waals surface area contributed by atoms with E-state index in [1.54, 1.807) is 18.3 Å². The standard InChI is InChI=1S/C19H21IN2O3/c1-3-11-25-17-10-5-14(12-18(17)24-4-2)13-21-22-19(23)15-6-8-16(20)9-7-15/h5-10,12-13H,3-4,11H2,1-2H3,(H,22,23)/b21-13-. The van der Waals surface area contributed by atoms with Gasteiger partial charge in [-0.25, -0.2) is 5.43 Å². The summed E-state index contributed by atoms with van der Waals surface area (Å²) >= 11 is 2.19. The number of rotatable bonds is 8. The van der Waals surface area contributed by atoms with Gasteiger partial charge in [0, 0.05) is 9.13 Å². The molecule has 0 saturated heterocycles. The summed E-state index contributed by atoms with van der Waals surface area (Å²) in [4.78, 5) is 12.0. The van der Waals surface area contributed by atoms with Crippen molar-refractivity contribution >= 4 is 34.7 Å². The van der Waals surface area contributed by atoms with Crippen LogP contribution in [0.2, 0.25) is 0 Å². The number of halogens is 1. The van der Waals surface area contributed by atoms with E-state index >= 15 is 0 Å². The minimum atomic E-state index is -0.249. The van der Waals surface area contributed by atoms with Crippen LogP contribution >= 0.6 is 22.6 Å². The molecule has 132 valence electrons. The summed E-state index contributed by atoms with van der Waals surface area (Å²) in [5, 5.41) is 4.01. The number of hydrogen-bond donors (Lipinski definition) is 1. The first kappa shape index (κ1) is 19.2. The van der Waals surface area contributed by atoms with Crippen LogP contribution in [-0.2, 0) is 0 Å². The molecule has 0 heterocycles. The molecule has 0 bridgehead atoms. The summed E-state index contributed by atoms with van der Waals surface area (Å²) in [5.41, 5.74) is 3.90. The molecule has 2 aromatic carbocycles. The molecule has 2 aromatic rings. The number of amides is 1. The molecular weight excluding hydrogens is 431 g/mol. The van der Waals surface area contributed by atoms with Gasteiger partial charge in [0.25, 0.3) is 5.91 Å². The van der Waals surface area contributed by atoms with Crippen molar-refractivity contribution < 1.29 is 14.3 Å². The zero-order valence-electron chi connectivity index (χ0n) is 14.3. The molecular formula is C19H21IN2O3. The summed E-state index contributed by atoms with van der Waals surface area (Å²) in [6.07, 6.45) is 2.51. The number of nitrogens with one attached hydrogen (secondary N) is 1. The molecule has 0 aliphatic carbocycles. The van der Waals surface area contributed by atoms with Crippen LogP contribution in [-0.4, -0.2) is 25.3 Å². The van der Waals surface area contributed by atoms with Crippen LogP contribution in [0.15, 0.2) is 47.6 Å². The SMILES string of the molecule is CCCOc1ccc(/C=N\NC(=O)c2ccc(I)cc2)cc1OCC. The maximum Gasteiger partial charge on any atom is 0.271 e. The lowest BCUT2D eigenvalue weighted by molar-refractivity contribution is 0.0955. The monoisotopic (exact) mass is 452 g/mol. The zero-order chi connectivity index (χ0) is 18.1. The quantitative estimate of drug-likeness (QED) is 0.370. The molecule has 0 aliphatic rings. The molecule has 2 rings (SSSR count). The maximum absolute atomic E-state index is 12.0. The zero-order valence-corrected chi connectivity index (χ0v) is 16.4. The minimum absolute atomic E-state index is 0.249. The van der Waals surface area contributed by atoms with Gasteiger partial charge in [-0.15, -0.1) is 0 Å². The molecule has 0 atom stereocenters. The Hall–Kier alpha value is -2.09. The highest BCUT2D eigenvalue weighted by Gasteiger charge is 2.06. The second kappa shape index (κ2) is 10.0. The molecule has 6 heteroatoms. The van der Waals surface area contributed by atoms with Crippen molar-refractivity contribution in [2.45, 2.75) is 20.3 Å². The Labute approximate surface area is 161 Å². The number of carbonyl (C=O) groups is 1. The molecule has 0 aromatic heterocycles. The molecule has 0 spiro atoms. The van der Waals surface area contributed by atoms with Gasteiger partial charge in [-0.1, -0.05) is 6.92 Å². The van der Waals surface area contributed by atoms with E-state index in [0.717, 1.165) is 15.6 Å².